The number of amides is 1. The standard InChI is InChI=1S/C28H32F5N3O2/c1-17(2)15-22(24(35)37)36(26(16-34)13-14-26)23(27(29,30)28(31,32)33)20-7-5-18(6-8-20)19-9-11-21(12-10-19)25(3,4)38/h5-12,17,22-23,38H,13-15H2,1-4H3,(H2,35,37)/t22-,23-/m0/s1. The lowest BCUT2D eigenvalue weighted by atomic mass is 9.89. The van der Waals surface area contributed by atoms with Crippen LogP contribution in [0.4, 0.5) is 22.0 Å². The topological polar surface area (TPSA) is 90.3 Å². The number of hydrogen-bond acceptors (Lipinski definition) is 4. The molecule has 0 bridgehead atoms. The molecule has 5 nitrogen and oxygen atoms in total. The number of carbonyl (C=O) groups excluding carboxylic acids is 1. The van der Waals surface area contributed by atoms with E-state index in [1.54, 1.807) is 52.0 Å². The van der Waals surface area contributed by atoms with Gasteiger partial charge in [0.15, 0.2) is 0 Å². The van der Waals surface area contributed by atoms with Gasteiger partial charge in [-0.1, -0.05) is 62.4 Å². The molecule has 3 N–H and O–H groups in total. The Hall–Kier alpha value is -3.03. The number of halogens is 5. The van der Waals surface area contributed by atoms with Gasteiger partial charge in [-0.15, -0.1) is 0 Å². The summed E-state index contributed by atoms with van der Waals surface area (Å²) < 4.78 is 72.2. The minimum Gasteiger partial charge on any atom is -0.386 e. The van der Waals surface area contributed by atoms with Crippen LogP contribution in [-0.2, 0) is 10.4 Å². The molecule has 1 fully saturated rings. The number of rotatable bonds is 10. The van der Waals surface area contributed by atoms with Crippen molar-refractivity contribution < 1.29 is 31.9 Å². The molecule has 1 amide bonds. The Bertz CT molecular complexity index is 1180. The molecule has 206 valence electrons. The predicted octanol–water partition coefficient (Wildman–Crippen LogP) is 6.08. The second-order valence-corrected chi connectivity index (χ2v) is 10.9. The van der Waals surface area contributed by atoms with Crippen molar-refractivity contribution in [1.29, 1.82) is 5.26 Å². The van der Waals surface area contributed by atoms with Crippen LogP contribution in [0.2, 0.25) is 0 Å². The zero-order valence-electron chi connectivity index (χ0n) is 21.7. The zero-order chi connectivity index (χ0) is 28.7. The normalized spacial score (nSPS) is 17.2. The summed E-state index contributed by atoms with van der Waals surface area (Å²) in [6.45, 7) is 6.62. The van der Waals surface area contributed by atoms with Gasteiger partial charge in [-0.2, -0.15) is 27.2 Å². The van der Waals surface area contributed by atoms with Crippen LogP contribution in [0.25, 0.3) is 11.1 Å². The molecule has 0 heterocycles. The maximum absolute atomic E-state index is 15.3. The monoisotopic (exact) mass is 537 g/mol. The largest absolute Gasteiger partial charge is 0.455 e. The van der Waals surface area contributed by atoms with Crippen LogP contribution in [0.5, 0.6) is 0 Å². The minimum absolute atomic E-state index is 0.0431. The van der Waals surface area contributed by atoms with Gasteiger partial charge in [0.1, 0.15) is 11.6 Å². The lowest BCUT2D eigenvalue weighted by Gasteiger charge is -2.44. The Kier molecular flexibility index (Phi) is 7.98. The van der Waals surface area contributed by atoms with E-state index in [2.05, 4.69) is 0 Å². The Morgan fingerprint density at radius 1 is 1.03 bits per heavy atom. The number of aliphatic hydroxyl groups is 1. The summed E-state index contributed by atoms with van der Waals surface area (Å²) in [6.07, 6.45) is -5.95. The van der Waals surface area contributed by atoms with E-state index in [9.17, 15) is 28.3 Å². The fraction of sp³-hybridized carbons (Fsp3) is 0.500. The van der Waals surface area contributed by atoms with Crippen molar-refractivity contribution in [3.8, 4) is 17.2 Å². The molecular formula is C28H32F5N3O2. The second kappa shape index (κ2) is 10.3. The highest BCUT2D eigenvalue weighted by Crippen LogP contribution is 2.55. The molecule has 3 rings (SSSR count). The van der Waals surface area contributed by atoms with Gasteiger partial charge >= 0.3 is 12.1 Å². The van der Waals surface area contributed by atoms with Gasteiger partial charge in [0.2, 0.25) is 5.91 Å². The van der Waals surface area contributed by atoms with E-state index in [4.69, 9.17) is 5.73 Å². The maximum atomic E-state index is 15.3. The van der Waals surface area contributed by atoms with Crippen LogP contribution in [0.1, 0.15) is 64.1 Å². The van der Waals surface area contributed by atoms with Crippen molar-refractivity contribution in [2.45, 2.75) is 82.3 Å². The molecule has 0 spiro atoms. The van der Waals surface area contributed by atoms with Crippen LogP contribution in [0.3, 0.4) is 0 Å². The van der Waals surface area contributed by atoms with E-state index in [1.807, 2.05) is 6.07 Å². The Morgan fingerprint density at radius 2 is 1.50 bits per heavy atom. The van der Waals surface area contributed by atoms with Crippen molar-refractivity contribution in [1.82, 2.24) is 4.90 Å². The number of primary amides is 1. The smallest absolute Gasteiger partial charge is 0.386 e. The van der Waals surface area contributed by atoms with Gasteiger partial charge in [-0.3, -0.25) is 9.69 Å². The van der Waals surface area contributed by atoms with E-state index in [1.165, 1.54) is 12.1 Å². The molecule has 2 aromatic carbocycles. The van der Waals surface area contributed by atoms with Crippen LogP contribution < -0.4 is 5.73 Å². The second-order valence-electron chi connectivity index (χ2n) is 10.9. The summed E-state index contributed by atoms with van der Waals surface area (Å²) >= 11 is 0. The van der Waals surface area contributed by atoms with Gasteiger partial charge in [-0.25, -0.2) is 0 Å². The first-order chi connectivity index (χ1) is 17.4. The van der Waals surface area contributed by atoms with Crippen molar-refractivity contribution in [3.05, 3.63) is 59.7 Å². The summed E-state index contributed by atoms with van der Waals surface area (Å²) in [4.78, 5) is 13.2. The molecule has 0 unspecified atom stereocenters. The molecule has 0 aromatic heterocycles. The molecule has 1 aliphatic carbocycles. The summed E-state index contributed by atoms with van der Waals surface area (Å²) in [7, 11) is 0. The molecule has 0 aliphatic heterocycles. The summed E-state index contributed by atoms with van der Waals surface area (Å²) in [5.41, 5.74) is 4.26. The minimum atomic E-state index is -5.95. The summed E-state index contributed by atoms with van der Waals surface area (Å²) in [5.74, 6) is -6.62. The van der Waals surface area contributed by atoms with Crippen molar-refractivity contribution in [2.75, 3.05) is 0 Å². The number of hydrogen-bond donors (Lipinski definition) is 2. The lowest BCUT2D eigenvalue weighted by molar-refractivity contribution is -0.309. The van der Waals surface area contributed by atoms with Crippen LogP contribution in [0, 0.1) is 17.2 Å². The van der Waals surface area contributed by atoms with Gasteiger partial charge in [0.05, 0.1) is 17.7 Å². The van der Waals surface area contributed by atoms with Crippen molar-refractivity contribution in [3.63, 3.8) is 0 Å². The summed E-state index contributed by atoms with van der Waals surface area (Å²) in [6, 6.07) is 9.69. The Morgan fingerprint density at radius 3 is 1.84 bits per heavy atom. The molecule has 1 saturated carbocycles. The van der Waals surface area contributed by atoms with Crippen LogP contribution in [0.15, 0.2) is 48.5 Å². The van der Waals surface area contributed by atoms with E-state index >= 15 is 8.78 Å². The van der Waals surface area contributed by atoms with E-state index in [-0.39, 0.29) is 30.7 Å². The number of nitrogens with two attached hydrogens (primary N) is 1. The van der Waals surface area contributed by atoms with Crippen molar-refractivity contribution >= 4 is 5.91 Å². The summed E-state index contributed by atoms with van der Waals surface area (Å²) in [5, 5.41) is 20.0. The third-order valence-corrected chi connectivity index (χ3v) is 6.94. The fourth-order valence-corrected chi connectivity index (χ4v) is 4.71. The lowest BCUT2D eigenvalue weighted by Crippen LogP contribution is -2.59. The zero-order valence-corrected chi connectivity index (χ0v) is 21.7. The number of benzene rings is 2. The van der Waals surface area contributed by atoms with E-state index < -0.39 is 41.2 Å². The first-order valence-electron chi connectivity index (χ1n) is 12.3. The third-order valence-electron chi connectivity index (χ3n) is 6.94. The Balaban J connectivity index is 2.15. The van der Waals surface area contributed by atoms with Gasteiger partial charge in [0.25, 0.3) is 0 Å². The van der Waals surface area contributed by atoms with Gasteiger partial charge in [-0.05, 0) is 61.3 Å². The SMILES string of the molecule is CC(C)C[C@@H](C(N)=O)N([C@@H](c1ccc(-c2ccc(C(C)(C)O)cc2)cc1)C(F)(F)C(F)(F)F)C1(C#N)CC1. The Labute approximate surface area is 219 Å². The van der Waals surface area contributed by atoms with Gasteiger partial charge < -0.3 is 10.8 Å². The van der Waals surface area contributed by atoms with Crippen LogP contribution >= 0.6 is 0 Å². The molecule has 0 radical (unpaired) electrons. The highest BCUT2D eigenvalue weighted by Gasteiger charge is 2.69. The van der Waals surface area contributed by atoms with Crippen LogP contribution in [-0.4, -0.2) is 39.6 Å². The number of nitrogens with zero attached hydrogens (tertiary/aromatic N) is 2. The maximum Gasteiger partial charge on any atom is 0.455 e. The molecule has 1 aliphatic rings. The molecule has 2 aromatic rings. The molecule has 38 heavy (non-hydrogen) atoms. The molecule has 2 atom stereocenters. The molecular weight excluding hydrogens is 505 g/mol. The fourth-order valence-electron chi connectivity index (χ4n) is 4.71. The molecule has 10 heteroatoms. The van der Waals surface area contributed by atoms with Crippen molar-refractivity contribution in [2.24, 2.45) is 11.7 Å². The quantitative estimate of drug-likeness (QED) is 0.360. The highest BCUT2D eigenvalue weighted by molar-refractivity contribution is 5.80. The number of nitriles is 1. The average Bonchev–Trinajstić information content (AvgIpc) is 3.61. The first-order valence-corrected chi connectivity index (χ1v) is 12.3. The van der Waals surface area contributed by atoms with E-state index in [0.29, 0.717) is 16.7 Å². The van der Waals surface area contributed by atoms with E-state index in [0.717, 1.165) is 17.0 Å². The first kappa shape index (κ1) is 29.5. The molecule has 0 saturated heterocycles. The third kappa shape index (κ3) is 5.84. The highest BCUT2D eigenvalue weighted by atomic mass is 19.4. The predicted molar refractivity (Wildman–Crippen MR) is 133 cm³/mol. The number of alkyl halides is 5. The van der Waals surface area contributed by atoms with Gasteiger partial charge in [0, 0.05) is 0 Å². The number of carbonyl (C=O) groups is 1. The average molecular weight is 538 g/mol.